The number of rotatable bonds is 1. The molecule has 2 nitrogen and oxygen atoms in total. The van der Waals surface area contributed by atoms with Gasteiger partial charge in [0, 0.05) is 11.3 Å². The van der Waals surface area contributed by atoms with Crippen molar-refractivity contribution in [1.82, 2.24) is 0 Å². The molecule has 104 valence electrons. The Hall–Kier alpha value is -2.01. The van der Waals surface area contributed by atoms with Gasteiger partial charge in [-0.05, 0) is 48.2 Å². The second-order valence-electron chi connectivity index (χ2n) is 5.00. The Morgan fingerprint density at radius 1 is 1.00 bits per heavy atom. The average molecular weight is 279 g/mol. The van der Waals surface area contributed by atoms with Crippen molar-refractivity contribution in [3.63, 3.8) is 0 Å². The van der Waals surface area contributed by atoms with E-state index in [0.29, 0.717) is 17.7 Å². The number of benzene rings is 2. The molecule has 0 saturated carbocycles. The summed E-state index contributed by atoms with van der Waals surface area (Å²) in [5.41, 5.74) is 5.58. The van der Waals surface area contributed by atoms with E-state index in [-0.39, 0.29) is 12.0 Å². The topological polar surface area (TPSA) is 46.2 Å². The molecule has 0 aliphatic heterocycles. The second kappa shape index (κ2) is 4.24. The summed E-state index contributed by atoms with van der Waals surface area (Å²) in [7, 11) is 0. The molecule has 2 aromatic rings. The first-order valence-corrected chi connectivity index (χ1v) is 6.19. The molecule has 0 radical (unpaired) electrons. The van der Waals surface area contributed by atoms with Crippen LogP contribution in [-0.2, 0) is 12.0 Å². The van der Waals surface area contributed by atoms with Crippen LogP contribution >= 0.6 is 0 Å². The summed E-state index contributed by atoms with van der Waals surface area (Å²) in [4.78, 5) is 0. The van der Waals surface area contributed by atoms with Gasteiger partial charge in [0.1, 0.15) is 5.60 Å². The third-order valence-electron chi connectivity index (χ3n) is 3.81. The number of halogens is 3. The third-order valence-corrected chi connectivity index (χ3v) is 3.81. The maximum atomic E-state index is 13.9. The molecule has 5 heteroatoms. The molecule has 0 bridgehead atoms. The van der Waals surface area contributed by atoms with Crippen LogP contribution in [0.15, 0.2) is 30.3 Å². The number of nitrogen functional groups attached to an aromatic ring is 1. The second-order valence-corrected chi connectivity index (χ2v) is 5.00. The van der Waals surface area contributed by atoms with Crippen molar-refractivity contribution in [2.45, 2.75) is 18.4 Å². The third kappa shape index (κ3) is 1.70. The minimum Gasteiger partial charge on any atom is -0.399 e. The summed E-state index contributed by atoms with van der Waals surface area (Å²) in [6.07, 6.45) is 0.698. The van der Waals surface area contributed by atoms with Crippen LogP contribution in [0.4, 0.5) is 18.9 Å². The summed E-state index contributed by atoms with van der Waals surface area (Å²) < 4.78 is 40.3. The van der Waals surface area contributed by atoms with Gasteiger partial charge in [-0.3, -0.25) is 0 Å². The maximum absolute atomic E-state index is 13.9. The number of hydrogen-bond donors (Lipinski definition) is 2. The number of fused-ring (bicyclic) bond motifs is 1. The van der Waals surface area contributed by atoms with Crippen molar-refractivity contribution in [2.75, 3.05) is 5.73 Å². The molecular weight excluding hydrogens is 267 g/mol. The standard InChI is InChI=1S/C15H12F3NO/c16-12-4-3-11(13(17)14(12)18)15(20)6-5-8-7-9(19)1-2-10(8)15/h1-4,7,20H,5-6,19H2. The predicted octanol–water partition coefficient (Wildman–Crippen LogP) is 2.87. The SMILES string of the molecule is Nc1ccc2c(c1)CCC2(O)c1ccc(F)c(F)c1F. The molecule has 3 N–H and O–H groups in total. The fraction of sp³-hybridized carbons (Fsp3) is 0.200. The largest absolute Gasteiger partial charge is 0.399 e. The molecule has 0 fully saturated rings. The fourth-order valence-corrected chi connectivity index (χ4v) is 2.80. The highest BCUT2D eigenvalue weighted by molar-refractivity contribution is 5.52. The first kappa shape index (κ1) is 13.0. The van der Waals surface area contributed by atoms with E-state index in [1.54, 1.807) is 18.2 Å². The van der Waals surface area contributed by atoms with Crippen LogP contribution < -0.4 is 5.73 Å². The molecule has 0 aromatic heterocycles. The molecule has 1 aliphatic carbocycles. The van der Waals surface area contributed by atoms with Crippen LogP contribution in [0.1, 0.15) is 23.1 Å². The van der Waals surface area contributed by atoms with Crippen LogP contribution in [-0.4, -0.2) is 5.11 Å². The number of aryl methyl sites for hydroxylation is 1. The fourth-order valence-electron chi connectivity index (χ4n) is 2.80. The van der Waals surface area contributed by atoms with E-state index in [2.05, 4.69) is 0 Å². The van der Waals surface area contributed by atoms with Crippen LogP contribution in [0.3, 0.4) is 0 Å². The lowest BCUT2D eigenvalue weighted by molar-refractivity contribution is 0.0778. The van der Waals surface area contributed by atoms with Crippen LogP contribution in [0, 0.1) is 17.5 Å². The summed E-state index contributed by atoms with van der Waals surface area (Å²) in [6, 6.07) is 6.79. The van der Waals surface area contributed by atoms with E-state index in [4.69, 9.17) is 5.73 Å². The molecule has 1 atom stereocenters. The Labute approximate surface area is 113 Å². The van der Waals surface area contributed by atoms with Gasteiger partial charge in [0.2, 0.25) is 0 Å². The smallest absolute Gasteiger partial charge is 0.194 e. The highest BCUT2D eigenvalue weighted by Gasteiger charge is 2.41. The molecule has 0 saturated heterocycles. The van der Waals surface area contributed by atoms with Crippen molar-refractivity contribution in [1.29, 1.82) is 0 Å². The highest BCUT2D eigenvalue weighted by atomic mass is 19.2. The molecule has 1 unspecified atom stereocenters. The van der Waals surface area contributed by atoms with Gasteiger partial charge in [0.15, 0.2) is 17.5 Å². The zero-order valence-corrected chi connectivity index (χ0v) is 10.5. The van der Waals surface area contributed by atoms with Crippen molar-refractivity contribution in [3.8, 4) is 0 Å². The Balaban J connectivity index is 2.19. The van der Waals surface area contributed by atoms with Crippen molar-refractivity contribution in [2.24, 2.45) is 0 Å². The van der Waals surface area contributed by atoms with Gasteiger partial charge in [-0.2, -0.15) is 0 Å². The van der Waals surface area contributed by atoms with Gasteiger partial charge >= 0.3 is 0 Å². The summed E-state index contributed by atoms with van der Waals surface area (Å²) in [5, 5.41) is 10.7. The minimum absolute atomic E-state index is 0.202. The molecular formula is C15H12F3NO. The molecule has 0 heterocycles. The Bertz CT molecular complexity index is 702. The quantitative estimate of drug-likeness (QED) is 0.623. The summed E-state index contributed by atoms with van der Waals surface area (Å²) in [5.74, 6) is -4.19. The Morgan fingerprint density at radius 2 is 1.70 bits per heavy atom. The Morgan fingerprint density at radius 3 is 2.45 bits per heavy atom. The number of nitrogens with two attached hydrogens (primary N) is 1. The number of anilines is 1. The van der Waals surface area contributed by atoms with Gasteiger partial charge in [-0.15, -0.1) is 0 Å². The van der Waals surface area contributed by atoms with Gasteiger partial charge in [-0.25, -0.2) is 13.2 Å². The average Bonchev–Trinajstić information content (AvgIpc) is 2.74. The molecule has 0 amide bonds. The van der Waals surface area contributed by atoms with E-state index in [0.717, 1.165) is 17.7 Å². The molecule has 3 rings (SSSR count). The first-order chi connectivity index (χ1) is 9.43. The molecule has 1 aliphatic rings. The van der Waals surface area contributed by atoms with Crippen LogP contribution in [0.5, 0.6) is 0 Å². The van der Waals surface area contributed by atoms with Crippen LogP contribution in [0.2, 0.25) is 0 Å². The highest BCUT2D eigenvalue weighted by Crippen LogP contribution is 2.43. The van der Waals surface area contributed by atoms with Gasteiger partial charge in [0.25, 0.3) is 0 Å². The maximum Gasteiger partial charge on any atom is 0.194 e. The van der Waals surface area contributed by atoms with E-state index in [1.807, 2.05) is 0 Å². The van der Waals surface area contributed by atoms with Crippen LogP contribution in [0.25, 0.3) is 0 Å². The van der Waals surface area contributed by atoms with E-state index in [1.165, 1.54) is 0 Å². The summed E-state index contributed by atoms with van der Waals surface area (Å²) in [6.45, 7) is 0. The lowest BCUT2D eigenvalue weighted by Gasteiger charge is -2.25. The van der Waals surface area contributed by atoms with Gasteiger partial charge < -0.3 is 10.8 Å². The number of aliphatic hydroxyl groups is 1. The minimum atomic E-state index is -1.65. The molecule has 0 spiro atoms. The number of hydrogen-bond acceptors (Lipinski definition) is 2. The predicted molar refractivity (Wildman–Crippen MR) is 68.5 cm³/mol. The lowest BCUT2D eigenvalue weighted by Crippen LogP contribution is -2.26. The van der Waals surface area contributed by atoms with Crippen molar-refractivity contribution >= 4 is 5.69 Å². The zero-order chi connectivity index (χ0) is 14.5. The van der Waals surface area contributed by atoms with E-state index in [9.17, 15) is 18.3 Å². The summed E-state index contributed by atoms with van der Waals surface area (Å²) >= 11 is 0. The van der Waals surface area contributed by atoms with Crippen molar-refractivity contribution in [3.05, 3.63) is 64.5 Å². The van der Waals surface area contributed by atoms with E-state index < -0.39 is 23.1 Å². The molecule has 20 heavy (non-hydrogen) atoms. The van der Waals surface area contributed by atoms with Crippen molar-refractivity contribution < 1.29 is 18.3 Å². The van der Waals surface area contributed by atoms with Gasteiger partial charge in [0.05, 0.1) is 0 Å². The van der Waals surface area contributed by atoms with E-state index >= 15 is 0 Å². The lowest BCUT2D eigenvalue weighted by atomic mass is 9.87. The monoisotopic (exact) mass is 279 g/mol. The Kier molecular flexibility index (Phi) is 2.76. The zero-order valence-electron chi connectivity index (χ0n) is 10.5. The molecule has 2 aromatic carbocycles. The first-order valence-electron chi connectivity index (χ1n) is 6.19. The normalized spacial score (nSPS) is 21.0. The van der Waals surface area contributed by atoms with Gasteiger partial charge in [-0.1, -0.05) is 6.07 Å².